The molecule has 45 heavy (non-hydrogen) atoms. The second kappa shape index (κ2) is 13.4. The normalized spacial score (nSPS) is 15.1. The molecule has 5 rings (SSSR count). The van der Waals surface area contributed by atoms with E-state index in [1.165, 1.54) is 23.0 Å². The number of likely N-dealkylation sites (tertiary alicyclic amines) is 1. The fourth-order valence-corrected chi connectivity index (χ4v) is 4.91. The summed E-state index contributed by atoms with van der Waals surface area (Å²) < 4.78 is 43.5. The van der Waals surface area contributed by atoms with Gasteiger partial charge in [-0.25, -0.2) is 9.97 Å². The van der Waals surface area contributed by atoms with Gasteiger partial charge in [-0.15, -0.1) is 0 Å². The third-order valence-corrected chi connectivity index (χ3v) is 6.96. The van der Waals surface area contributed by atoms with Crippen LogP contribution in [0.15, 0.2) is 43.0 Å². The summed E-state index contributed by atoms with van der Waals surface area (Å²) in [6.45, 7) is 3.81. The van der Waals surface area contributed by atoms with Gasteiger partial charge in [0.05, 0.1) is 23.5 Å². The molecule has 1 unspecified atom stereocenters. The molecular formula is C28H29F3N10O4. The Labute approximate surface area is 254 Å². The number of aryl methyl sites for hydroxylation is 1. The average molecular weight is 627 g/mol. The van der Waals surface area contributed by atoms with Crippen LogP contribution in [-0.4, -0.2) is 77.6 Å². The average Bonchev–Trinajstić information content (AvgIpc) is 3.71. The molecule has 5 N–H and O–H groups in total. The predicted octanol–water partition coefficient (Wildman–Crippen LogP) is 2.57. The van der Waals surface area contributed by atoms with Crippen molar-refractivity contribution >= 4 is 35.4 Å². The maximum absolute atomic E-state index is 13.7. The first kappa shape index (κ1) is 32.4. The molecule has 2 amide bonds. The summed E-state index contributed by atoms with van der Waals surface area (Å²) in [4.78, 5) is 44.2. The van der Waals surface area contributed by atoms with Gasteiger partial charge in [-0.05, 0) is 44.0 Å². The number of hydrogen-bond acceptors (Lipinski definition) is 9. The molecule has 0 bridgehead atoms. The summed E-state index contributed by atoms with van der Waals surface area (Å²) in [6, 6.07) is 5.97. The fourth-order valence-electron chi connectivity index (χ4n) is 4.91. The standard InChI is InChI=1S/C27H27F3N10O2.CH2O2/c1-15-11-18(3-4-19(15)25(41)35-16(2)26(42)38-8-5-17(32)13-38)36-23-24-34-12-21(40(24)10-7-33-23)20-14-39(9-6-31)37-22(20)27(28,29)30;2-1-3/h3-4,7,10-12,14,16-17H,5,8-9,13,32H2,1-2H3,(H,33,36)(H,35,41);1H,(H,2,3)/t16?,17-;/m1./s1. The van der Waals surface area contributed by atoms with Crippen molar-refractivity contribution in [1.82, 2.24) is 34.4 Å². The number of carbonyl (C=O) groups is 3. The number of nitriles is 1. The molecule has 0 spiro atoms. The monoisotopic (exact) mass is 626 g/mol. The summed E-state index contributed by atoms with van der Waals surface area (Å²) in [6.07, 6.45) is 1.30. The van der Waals surface area contributed by atoms with Gasteiger partial charge >= 0.3 is 6.18 Å². The number of nitrogens with zero attached hydrogens (tertiary/aromatic N) is 7. The Balaban J connectivity index is 0.00000148. The Morgan fingerprint density at radius 3 is 2.67 bits per heavy atom. The van der Waals surface area contributed by atoms with Gasteiger partial charge in [-0.3, -0.25) is 23.5 Å². The highest BCUT2D eigenvalue weighted by Gasteiger charge is 2.38. The summed E-state index contributed by atoms with van der Waals surface area (Å²) in [5.74, 6) is -0.328. The number of halogens is 3. The Kier molecular flexibility index (Phi) is 9.67. The van der Waals surface area contributed by atoms with Crippen LogP contribution in [0, 0.1) is 18.3 Å². The molecule has 0 saturated carbocycles. The lowest BCUT2D eigenvalue weighted by Crippen LogP contribution is -2.46. The first-order chi connectivity index (χ1) is 21.4. The minimum atomic E-state index is -4.74. The predicted molar refractivity (Wildman–Crippen MR) is 154 cm³/mol. The number of nitrogens with two attached hydrogens (primary N) is 1. The van der Waals surface area contributed by atoms with Gasteiger partial charge < -0.3 is 26.4 Å². The van der Waals surface area contributed by atoms with Crippen molar-refractivity contribution in [2.75, 3.05) is 18.4 Å². The molecule has 1 aromatic carbocycles. The van der Waals surface area contributed by atoms with Gasteiger partial charge in [0, 0.05) is 49.0 Å². The van der Waals surface area contributed by atoms with Crippen LogP contribution >= 0.6 is 0 Å². The number of rotatable bonds is 7. The number of fused-ring (bicyclic) bond motifs is 1. The Hall–Kier alpha value is -5.50. The molecule has 1 saturated heterocycles. The van der Waals surface area contributed by atoms with Crippen molar-refractivity contribution in [3.63, 3.8) is 0 Å². The van der Waals surface area contributed by atoms with Crippen molar-refractivity contribution in [1.29, 1.82) is 5.26 Å². The van der Waals surface area contributed by atoms with Crippen molar-refractivity contribution in [2.45, 2.75) is 45.1 Å². The number of anilines is 2. The maximum Gasteiger partial charge on any atom is 0.435 e. The summed E-state index contributed by atoms with van der Waals surface area (Å²) in [7, 11) is 0. The first-order valence-electron chi connectivity index (χ1n) is 13.5. The van der Waals surface area contributed by atoms with Crippen LogP contribution < -0.4 is 16.4 Å². The van der Waals surface area contributed by atoms with Crippen LogP contribution in [0.2, 0.25) is 0 Å². The molecular weight excluding hydrogens is 597 g/mol. The van der Waals surface area contributed by atoms with Crippen LogP contribution in [0.5, 0.6) is 0 Å². The maximum atomic E-state index is 13.7. The van der Waals surface area contributed by atoms with Gasteiger partial charge in [-0.1, -0.05) is 0 Å². The smallest absolute Gasteiger partial charge is 0.435 e. The highest BCUT2D eigenvalue weighted by Crippen LogP contribution is 2.37. The van der Waals surface area contributed by atoms with Crippen LogP contribution in [0.1, 0.15) is 35.0 Å². The molecule has 3 aromatic heterocycles. The van der Waals surface area contributed by atoms with E-state index in [9.17, 15) is 22.8 Å². The molecule has 236 valence electrons. The number of benzene rings is 1. The summed E-state index contributed by atoms with van der Waals surface area (Å²) >= 11 is 0. The molecule has 1 aliphatic heterocycles. The number of imidazole rings is 1. The lowest BCUT2D eigenvalue weighted by molar-refractivity contribution is -0.141. The number of alkyl halides is 3. The Morgan fingerprint density at radius 2 is 2.04 bits per heavy atom. The second-order valence-electron chi connectivity index (χ2n) is 10.1. The lowest BCUT2D eigenvalue weighted by Gasteiger charge is -2.21. The van der Waals surface area contributed by atoms with E-state index in [-0.39, 0.29) is 47.7 Å². The minimum Gasteiger partial charge on any atom is -0.483 e. The molecule has 2 atom stereocenters. The number of aromatic nitrogens is 5. The van der Waals surface area contributed by atoms with Crippen LogP contribution in [0.3, 0.4) is 0 Å². The Morgan fingerprint density at radius 1 is 1.31 bits per heavy atom. The topological polar surface area (TPSA) is 197 Å². The number of carboxylic acid groups (broad SMARTS) is 1. The van der Waals surface area contributed by atoms with E-state index in [4.69, 9.17) is 20.9 Å². The molecule has 0 aliphatic carbocycles. The fraction of sp³-hybridized carbons (Fsp3) is 0.321. The number of carbonyl (C=O) groups excluding carboxylic acids is 2. The zero-order valence-electron chi connectivity index (χ0n) is 24.1. The van der Waals surface area contributed by atoms with E-state index in [0.29, 0.717) is 29.9 Å². The van der Waals surface area contributed by atoms with Gasteiger partial charge in [0.25, 0.3) is 12.4 Å². The van der Waals surface area contributed by atoms with Gasteiger partial charge in [0.2, 0.25) is 5.91 Å². The van der Waals surface area contributed by atoms with Gasteiger partial charge in [-0.2, -0.15) is 23.5 Å². The van der Waals surface area contributed by atoms with Crippen LogP contribution in [0.25, 0.3) is 16.9 Å². The van der Waals surface area contributed by atoms with E-state index < -0.39 is 23.8 Å². The number of nitrogens with one attached hydrogen (secondary N) is 2. The zero-order chi connectivity index (χ0) is 32.9. The van der Waals surface area contributed by atoms with E-state index in [0.717, 1.165) is 17.3 Å². The molecule has 14 nitrogen and oxygen atoms in total. The zero-order valence-corrected chi connectivity index (χ0v) is 24.1. The van der Waals surface area contributed by atoms with E-state index in [1.807, 2.05) is 0 Å². The molecule has 1 aliphatic rings. The SMILES string of the molecule is Cc1cc(Nc2nccn3c(-c4cn(CC#N)nc4C(F)(F)F)cnc23)ccc1C(=O)NC(C)C(=O)N1CC[C@@H](N)C1.O=CO. The van der Waals surface area contributed by atoms with Crippen molar-refractivity contribution < 1.29 is 32.7 Å². The minimum absolute atomic E-state index is 0.0566. The Bertz CT molecular complexity index is 1760. The quantitative estimate of drug-likeness (QED) is 0.221. The number of hydrogen-bond donors (Lipinski definition) is 4. The van der Waals surface area contributed by atoms with Crippen molar-refractivity contribution in [3.8, 4) is 17.3 Å². The third kappa shape index (κ3) is 7.18. The second-order valence-corrected chi connectivity index (χ2v) is 10.1. The summed E-state index contributed by atoms with van der Waals surface area (Å²) in [5.41, 5.74) is 6.46. The van der Waals surface area contributed by atoms with E-state index in [1.54, 1.807) is 43.0 Å². The van der Waals surface area contributed by atoms with E-state index in [2.05, 4.69) is 25.7 Å². The van der Waals surface area contributed by atoms with Crippen LogP contribution in [-0.2, 0) is 22.3 Å². The molecule has 1 fully saturated rings. The molecule has 17 heteroatoms. The third-order valence-electron chi connectivity index (χ3n) is 6.96. The highest BCUT2D eigenvalue weighted by molar-refractivity contribution is 5.99. The van der Waals surface area contributed by atoms with E-state index >= 15 is 0 Å². The lowest BCUT2D eigenvalue weighted by atomic mass is 10.1. The van der Waals surface area contributed by atoms with Gasteiger partial charge in [0.1, 0.15) is 12.6 Å². The largest absolute Gasteiger partial charge is 0.483 e. The van der Waals surface area contributed by atoms with Crippen molar-refractivity contribution in [2.24, 2.45) is 5.73 Å². The van der Waals surface area contributed by atoms with Crippen molar-refractivity contribution in [3.05, 3.63) is 59.8 Å². The van der Waals surface area contributed by atoms with Crippen LogP contribution in [0.4, 0.5) is 24.7 Å². The molecule has 4 heterocycles. The highest BCUT2D eigenvalue weighted by atomic mass is 19.4. The number of amides is 2. The van der Waals surface area contributed by atoms with Gasteiger partial charge in [0.15, 0.2) is 17.2 Å². The molecule has 4 aromatic rings. The summed E-state index contributed by atoms with van der Waals surface area (Å²) in [5, 5.41) is 25.2. The molecule has 0 radical (unpaired) electrons. The first-order valence-corrected chi connectivity index (χ1v) is 13.5.